The van der Waals surface area contributed by atoms with Crippen LogP contribution < -0.4 is 4.74 Å². The van der Waals surface area contributed by atoms with E-state index in [1.54, 1.807) is 24.8 Å². The third kappa shape index (κ3) is 4.46. The largest absolute Gasteiger partial charge is 0.491 e. The summed E-state index contributed by atoms with van der Waals surface area (Å²) in [5, 5.41) is 0. The number of pyridine rings is 1. The third-order valence-electron chi connectivity index (χ3n) is 3.77. The minimum Gasteiger partial charge on any atom is -0.491 e. The lowest BCUT2D eigenvalue weighted by Gasteiger charge is -2.09. The van der Waals surface area contributed by atoms with Gasteiger partial charge in [0.05, 0.1) is 28.5 Å². The first-order valence-electron chi connectivity index (χ1n) is 8.26. The van der Waals surface area contributed by atoms with Gasteiger partial charge in [-0.3, -0.25) is 8.61 Å². The van der Waals surface area contributed by atoms with E-state index in [0.717, 1.165) is 18.1 Å². The molecule has 0 amide bonds. The van der Waals surface area contributed by atoms with E-state index in [0.29, 0.717) is 34.4 Å². The predicted molar refractivity (Wildman–Crippen MR) is 102 cm³/mol. The maximum absolute atomic E-state index is 12.9. The Labute approximate surface area is 166 Å². The SMILES string of the molecule is CCS(=O)c1cc(OCCSC)cnc1-c1cn2cnc(C(F)(F)F)cc2n1. The number of rotatable bonds is 7. The summed E-state index contributed by atoms with van der Waals surface area (Å²) in [7, 11) is -1.35. The Morgan fingerprint density at radius 3 is 2.75 bits per heavy atom. The molecule has 0 aliphatic carbocycles. The standard InChI is InChI=1S/C17H17F3N4O2S2/c1-3-28(25)13-6-11(26-4-5-27-2)8-21-16(13)12-9-24-10-22-14(17(18,19)20)7-15(24)23-12/h6-10H,3-5H2,1-2H3. The van der Waals surface area contributed by atoms with Gasteiger partial charge in [-0.05, 0) is 6.26 Å². The maximum atomic E-state index is 12.9. The van der Waals surface area contributed by atoms with Gasteiger partial charge in [-0.2, -0.15) is 24.9 Å². The van der Waals surface area contributed by atoms with E-state index in [-0.39, 0.29) is 5.65 Å². The number of fused-ring (bicyclic) bond motifs is 1. The van der Waals surface area contributed by atoms with Crippen LogP contribution in [0.1, 0.15) is 12.6 Å². The summed E-state index contributed by atoms with van der Waals surface area (Å²) in [5.74, 6) is 1.64. The Morgan fingerprint density at radius 1 is 1.29 bits per heavy atom. The van der Waals surface area contributed by atoms with Crippen LogP contribution in [0, 0.1) is 0 Å². The highest BCUT2D eigenvalue weighted by Crippen LogP contribution is 2.30. The zero-order valence-corrected chi connectivity index (χ0v) is 16.7. The van der Waals surface area contributed by atoms with Crippen molar-refractivity contribution in [3.63, 3.8) is 0 Å². The summed E-state index contributed by atoms with van der Waals surface area (Å²) >= 11 is 1.64. The summed E-state index contributed by atoms with van der Waals surface area (Å²) in [6.07, 6.45) is 1.46. The molecule has 0 aliphatic heterocycles. The fourth-order valence-electron chi connectivity index (χ4n) is 2.43. The molecule has 1 atom stereocenters. The minimum atomic E-state index is -4.56. The monoisotopic (exact) mass is 430 g/mol. The molecule has 0 aliphatic rings. The molecule has 0 radical (unpaired) electrons. The van der Waals surface area contributed by atoms with Gasteiger partial charge in [0, 0.05) is 29.8 Å². The van der Waals surface area contributed by atoms with Crippen molar-refractivity contribution in [2.45, 2.75) is 18.0 Å². The van der Waals surface area contributed by atoms with Gasteiger partial charge in [-0.15, -0.1) is 0 Å². The second-order valence-corrected chi connectivity index (χ2v) is 8.35. The van der Waals surface area contributed by atoms with Crippen molar-refractivity contribution in [3.05, 3.63) is 36.5 Å². The van der Waals surface area contributed by atoms with Crippen molar-refractivity contribution >= 4 is 28.2 Å². The molecule has 1 unspecified atom stereocenters. The molecule has 0 saturated heterocycles. The first-order chi connectivity index (χ1) is 13.3. The van der Waals surface area contributed by atoms with E-state index >= 15 is 0 Å². The van der Waals surface area contributed by atoms with E-state index in [4.69, 9.17) is 4.74 Å². The van der Waals surface area contributed by atoms with Crippen LogP contribution in [0.15, 0.2) is 35.7 Å². The summed E-state index contributed by atoms with van der Waals surface area (Å²) in [6.45, 7) is 2.25. The van der Waals surface area contributed by atoms with Crippen LogP contribution in [0.5, 0.6) is 5.75 Å². The summed E-state index contributed by atoms with van der Waals surface area (Å²) in [6, 6.07) is 2.51. The fraction of sp³-hybridized carbons (Fsp3) is 0.353. The van der Waals surface area contributed by atoms with E-state index in [9.17, 15) is 17.4 Å². The van der Waals surface area contributed by atoms with Crippen LogP contribution in [0.2, 0.25) is 0 Å². The van der Waals surface area contributed by atoms with Crippen LogP contribution in [-0.4, -0.2) is 47.9 Å². The minimum absolute atomic E-state index is 0.0765. The van der Waals surface area contributed by atoms with Gasteiger partial charge in [-0.25, -0.2) is 15.0 Å². The van der Waals surface area contributed by atoms with E-state index < -0.39 is 22.7 Å². The normalized spacial score (nSPS) is 13.0. The first-order valence-corrected chi connectivity index (χ1v) is 11.0. The second kappa shape index (κ2) is 8.48. The predicted octanol–water partition coefficient (Wildman–Crippen LogP) is 3.68. The Morgan fingerprint density at radius 2 is 2.07 bits per heavy atom. The third-order valence-corrected chi connectivity index (χ3v) is 5.67. The smallest absolute Gasteiger partial charge is 0.433 e. The van der Waals surface area contributed by atoms with Crippen molar-refractivity contribution in [1.29, 1.82) is 0 Å². The molecular formula is C17H17F3N4O2S2. The van der Waals surface area contributed by atoms with Crippen LogP contribution in [0.25, 0.3) is 17.0 Å². The molecule has 0 aromatic carbocycles. The zero-order valence-electron chi connectivity index (χ0n) is 15.1. The van der Waals surface area contributed by atoms with Gasteiger partial charge < -0.3 is 4.74 Å². The lowest BCUT2D eigenvalue weighted by atomic mass is 10.3. The molecule has 3 aromatic rings. The Bertz CT molecular complexity index is 1010. The lowest BCUT2D eigenvalue weighted by molar-refractivity contribution is -0.141. The fourth-order valence-corrected chi connectivity index (χ4v) is 3.61. The van der Waals surface area contributed by atoms with E-state index in [1.165, 1.54) is 16.8 Å². The second-order valence-electron chi connectivity index (χ2n) is 5.66. The Balaban J connectivity index is 2.02. The van der Waals surface area contributed by atoms with Crippen molar-refractivity contribution in [1.82, 2.24) is 19.4 Å². The summed E-state index contributed by atoms with van der Waals surface area (Å²) in [4.78, 5) is 12.4. The number of ether oxygens (including phenoxy) is 1. The topological polar surface area (TPSA) is 69.4 Å². The Hall–Kier alpha value is -2.14. The van der Waals surface area contributed by atoms with Gasteiger partial charge in [-0.1, -0.05) is 6.92 Å². The van der Waals surface area contributed by atoms with Crippen molar-refractivity contribution in [3.8, 4) is 17.1 Å². The molecule has 11 heteroatoms. The van der Waals surface area contributed by atoms with Gasteiger partial charge >= 0.3 is 6.18 Å². The Kier molecular flexibility index (Phi) is 6.23. The van der Waals surface area contributed by atoms with Crippen LogP contribution in [0.3, 0.4) is 0 Å². The summed E-state index contributed by atoms with van der Waals surface area (Å²) < 4.78 is 58.1. The number of hydrogen-bond donors (Lipinski definition) is 0. The average molecular weight is 430 g/mol. The van der Waals surface area contributed by atoms with Crippen molar-refractivity contribution in [2.24, 2.45) is 0 Å². The molecule has 3 heterocycles. The molecule has 6 nitrogen and oxygen atoms in total. The summed E-state index contributed by atoms with van der Waals surface area (Å²) in [5.41, 5.74) is -0.295. The first kappa shape index (κ1) is 20.6. The van der Waals surface area contributed by atoms with Crippen LogP contribution in [0.4, 0.5) is 13.2 Å². The van der Waals surface area contributed by atoms with Crippen molar-refractivity contribution < 1.29 is 22.1 Å². The van der Waals surface area contributed by atoms with Crippen LogP contribution >= 0.6 is 11.8 Å². The van der Waals surface area contributed by atoms with E-state index in [1.807, 2.05) is 6.26 Å². The lowest BCUT2D eigenvalue weighted by Crippen LogP contribution is -2.08. The molecule has 0 fully saturated rings. The van der Waals surface area contributed by atoms with Crippen molar-refractivity contribution in [2.75, 3.05) is 24.4 Å². The molecule has 0 bridgehead atoms. The molecule has 150 valence electrons. The number of aromatic nitrogens is 4. The molecule has 3 aromatic heterocycles. The van der Waals surface area contributed by atoms with Gasteiger partial charge in [0.1, 0.15) is 34.8 Å². The number of halogens is 3. The number of nitrogens with zero attached hydrogens (tertiary/aromatic N) is 4. The maximum Gasteiger partial charge on any atom is 0.433 e. The zero-order chi connectivity index (χ0) is 20.3. The number of thioether (sulfide) groups is 1. The van der Waals surface area contributed by atoms with E-state index in [2.05, 4.69) is 15.0 Å². The highest BCUT2D eigenvalue weighted by atomic mass is 32.2. The quantitative estimate of drug-likeness (QED) is 0.533. The highest BCUT2D eigenvalue weighted by molar-refractivity contribution is 7.98. The van der Waals surface area contributed by atoms with Gasteiger partial charge in [0.25, 0.3) is 0 Å². The number of alkyl halides is 3. The van der Waals surface area contributed by atoms with Crippen LogP contribution in [-0.2, 0) is 17.0 Å². The molecule has 0 N–H and O–H groups in total. The van der Waals surface area contributed by atoms with Gasteiger partial charge in [0.2, 0.25) is 0 Å². The van der Waals surface area contributed by atoms with Gasteiger partial charge in [0.15, 0.2) is 0 Å². The highest BCUT2D eigenvalue weighted by Gasteiger charge is 2.33. The molecule has 28 heavy (non-hydrogen) atoms. The molecule has 3 rings (SSSR count). The average Bonchev–Trinajstić information content (AvgIpc) is 3.10. The molecule has 0 spiro atoms. The number of hydrogen-bond acceptors (Lipinski definition) is 6. The number of imidazole rings is 1. The molecule has 0 saturated carbocycles. The molecular weight excluding hydrogens is 413 g/mol.